The zero-order valence-corrected chi connectivity index (χ0v) is 14.8. The van der Waals surface area contributed by atoms with E-state index in [-0.39, 0.29) is 6.42 Å². The van der Waals surface area contributed by atoms with Gasteiger partial charge in [0.1, 0.15) is 12.1 Å². The first kappa shape index (κ1) is 17.6. The van der Waals surface area contributed by atoms with Crippen LogP contribution in [-0.2, 0) is 12.8 Å². The molecule has 10 heteroatoms. The Kier molecular flexibility index (Phi) is 4.63. The van der Waals surface area contributed by atoms with E-state index in [9.17, 15) is 13.2 Å². The Morgan fingerprint density at radius 3 is 2.72 bits per heavy atom. The Balaban J connectivity index is 1.91. The van der Waals surface area contributed by atoms with Crippen LogP contribution in [0, 0.1) is 6.92 Å². The summed E-state index contributed by atoms with van der Waals surface area (Å²) in [4.78, 5) is 12.7. The quantitative estimate of drug-likeness (QED) is 0.708. The number of nitrogens with two attached hydrogens (primary N) is 1. The summed E-state index contributed by atoms with van der Waals surface area (Å²) in [5.41, 5.74) is 8.50. The molecule has 25 heavy (non-hydrogen) atoms. The summed E-state index contributed by atoms with van der Waals surface area (Å²) in [6, 6.07) is 3.44. The number of fused-ring (bicyclic) bond motifs is 1. The highest BCUT2D eigenvalue weighted by atomic mass is 79.9. The fourth-order valence-electron chi connectivity index (χ4n) is 2.48. The molecule has 0 saturated carbocycles. The van der Waals surface area contributed by atoms with Crippen molar-refractivity contribution in [1.29, 1.82) is 0 Å². The van der Waals surface area contributed by atoms with Crippen LogP contribution < -0.4 is 5.73 Å². The predicted octanol–water partition coefficient (Wildman–Crippen LogP) is 3.26. The summed E-state index contributed by atoms with van der Waals surface area (Å²) in [5, 5.41) is 4.01. The third kappa shape index (κ3) is 3.89. The fourth-order valence-corrected chi connectivity index (χ4v) is 2.89. The standard InChI is InChI=1S/C15H14BrF3N6/c1-8-10(13(20)25-14(23-8)21-7-22-25)6-9-2-3-11(16)12(24-9)4-5-15(17,18)19/h2-3,7H,4-6,20H2,1H3. The topological polar surface area (TPSA) is 82.0 Å². The number of nitrogens with zero attached hydrogens (tertiary/aromatic N) is 5. The van der Waals surface area contributed by atoms with Crippen LogP contribution in [0.3, 0.4) is 0 Å². The van der Waals surface area contributed by atoms with Gasteiger partial charge in [0.15, 0.2) is 0 Å². The molecule has 0 aliphatic carbocycles. The van der Waals surface area contributed by atoms with E-state index in [0.717, 1.165) is 5.56 Å². The lowest BCUT2D eigenvalue weighted by molar-refractivity contribution is -0.134. The van der Waals surface area contributed by atoms with Crippen LogP contribution in [0.1, 0.15) is 29.1 Å². The molecule has 0 spiro atoms. The van der Waals surface area contributed by atoms with Crippen molar-refractivity contribution in [3.05, 3.63) is 45.6 Å². The van der Waals surface area contributed by atoms with E-state index in [4.69, 9.17) is 5.73 Å². The second-order valence-corrected chi connectivity index (χ2v) is 6.41. The van der Waals surface area contributed by atoms with Crippen LogP contribution in [-0.4, -0.2) is 30.7 Å². The molecule has 0 aliphatic rings. The molecule has 0 unspecified atom stereocenters. The Bertz CT molecular complexity index is 922. The van der Waals surface area contributed by atoms with Crippen LogP contribution in [0.4, 0.5) is 19.0 Å². The maximum atomic E-state index is 12.5. The van der Waals surface area contributed by atoms with Crippen LogP contribution in [0.2, 0.25) is 0 Å². The first-order valence-electron chi connectivity index (χ1n) is 7.40. The lowest BCUT2D eigenvalue weighted by atomic mass is 10.1. The molecule has 3 rings (SSSR count). The van der Waals surface area contributed by atoms with Gasteiger partial charge in [-0.25, -0.2) is 4.98 Å². The third-order valence-electron chi connectivity index (χ3n) is 3.75. The van der Waals surface area contributed by atoms with Crippen LogP contribution >= 0.6 is 15.9 Å². The van der Waals surface area contributed by atoms with Gasteiger partial charge in [-0.1, -0.05) is 0 Å². The fraction of sp³-hybridized carbons (Fsp3) is 0.333. The molecule has 132 valence electrons. The Morgan fingerprint density at radius 2 is 2.00 bits per heavy atom. The minimum atomic E-state index is -4.22. The smallest absolute Gasteiger partial charge is 0.383 e. The number of anilines is 1. The summed E-state index contributed by atoms with van der Waals surface area (Å²) in [5.74, 6) is 0.787. The van der Waals surface area contributed by atoms with Gasteiger partial charge >= 0.3 is 6.18 Å². The van der Waals surface area contributed by atoms with E-state index in [1.165, 1.54) is 10.8 Å². The number of nitrogen functional groups attached to an aromatic ring is 1. The molecule has 0 atom stereocenters. The third-order valence-corrected chi connectivity index (χ3v) is 4.47. The van der Waals surface area contributed by atoms with Gasteiger partial charge in [-0.2, -0.15) is 27.8 Å². The zero-order chi connectivity index (χ0) is 18.2. The molecule has 0 aromatic carbocycles. The van der Waals surface area contributed by atoms with Gasteiger partial charge in [-0.3, -0.25) is 4.98 Å². The van der Waals surface area contributed by atoms with Crippen molar-refractivity contribution < 1.29 is 13.2 Å². The Hall–Kier alpha value is -2.23. The maximum Gasteiger partial charge on any atom is 0.389 e. The minimum absolute atomic E-state index is 0.188. The lowest BCUT2D eigenvalue weighted by Crippen LogP contribution is -2.11. The minimum Gasteiger partial charge on any atom is -0.383 e. The van der Waals surface area contributed by atoms with Gasteiger partial charge in [0.2, 0.25) is 0 Å². The van der Waals surface area contributed by atoms with Gasteiger partial charge < -0.3 is 5.73 Å². The number of aryl methyl sites for hydroxylation is 2. The van der Waals surface area contributed by atoms with Gasteiger partial charge in [0.25, 0.3) is 5.78 Å². The molecule has 3 aromatic rings. The summed E-state index contributed by atoms with van der Waals surface area (Å²) in [6.45, 7) is 1.80. The number of rotatable bonds is 4. The van der Waals surface area contributed by atoms with Crippen molar-refractivity contribution in [3.8, 4) is 0 Å². The number of hydrogen-bond acceptors (Lipinski definition) is 5. The summed E-state index contributed by atoms with van der Waals surface area (Å²) in [6.07, 6.45) is -3.63. The molecular formula is C15H14BrF3N6. The molecule has 0 amide bonds. The first-order valence-corrected chi connectivity index (χ1v) is 8.19. The molecule has 0 radical (unpaired) electrons. The average Bonchev–Trinajstić information content (AvgIpc) is 2.99. The normalized spacial score (nSPS) is 12.0. The highest BCUT2D eigenvalue weighted by Gasteiger charge is 2.27. The zero-order valence-electron chi connectivity index (χ0n) is 13.2. The molecule has 3 aromatic heterocycles. The predicted molar refractivity (Wildman–Crippen MR) is 89.1 cm³/mol. The lowest BCUT2D eigenvalue weighted by Gasteiger charge is -2.12. The molecular weight excluding hydrogens is 401 g/mol. The van der Waals surface area contributed by atoms with E-state index in [1.54, 1.807) is 19.1 Å². The van der Waals surface area contributed by atoms with E-state index >= 15 is 0 Å². The largest absolute Gasteiger partial charge is 0.389 e. The van der Waals surface area contributed by atoms with Gasteiger partial charge in [0, 0.05) is 34.3 Å². The molecule has 2 N–H and O–H groups in total. The number of pyridine rings is 1. The monoisotopic (exact) mass is 414 g/mol. The van der Waals surface area contributed by atoms with Crippen molar-refractivity contribution in [2.45, 2.75) is 32.4 Å². The Morgan fingerprint density at radius 1 is 1.24 bits per heavy atom. The Labute approximate surface area is 149 Å². The number of hydrogen-bond donors (Lipinski definition) is 1. The number of alkyl halides is 3. The van der Waals surface area contributed by atoms with Gasteiger partial charge in [0.05, 0.1) is 5.69 Å². The van der Waals surface area contributed by atoms with Crippen molar-refractivity contribution in [2.75, 3.05) is 5.73 Å². The van der Waals surface area contributed by atoms with Crippen molar-refractivity contribution in [2.24, 2.45) is 0 Å². The van der Waals surface area contributed by atoms with E-state index < -0.39 is 12.6 Å². The molecule has 0 aliphatic heterocycles. The van der Waals surface area contributed by atoms with Crippen molar-refractivity contribution >= 4 is 27.5 Å². The van der Waals surface area contributed by atoms with E-state index in [1.807, 2.05) is 0 Å². The maximum absolute atomic E-state index is 12.5. The molecule has 3 heterocycles. The molecule has 0 fully saturated rings. The van der Waals surface area contributed by atoms with Crippen molar-refractivity contribution in [3.63, 3.8) is 0 Å². The number of halogens is 4. The van der Waals surface area contributed by atoms with E-state index in [0.29, 0.717) is 39.6 Å². The van der Waals surface area contributed by atoms with Crippen LogP contribution in [0.15, 0.2) is 22.9 Å². The highest BCUT2D eigenvalue weighted by Crippen LogP contribution is 2.26. The molecule has 0 saturated heterocycles. The summed E-state index contributed by atoms with van der Waals surface area (Å²) in [7, 11) is 0. The number of aromatic nitrogens is 5. The van der Waals surface area contributed by atoms with Gasteiger partial charge in [-0.05, 0) is 41.4 Å². The van der Waals surface area contributed by atoms with Crippen LogP contribution in [0.5, 0.6) is 0 Å². The van der Waals surface area contributed by atoms with Crippen molar-refractivity contribution in [1.82, 2.24) is 24.6 Å². The summed E-state index contributed by atoms with van der Waals surface area (Å²) >= 11 is 3.25. The molecule has 0 bridgehead atoms. The highest BCUT2D eigenvalue weighted by molar-refractivity contribution is 9.10. The molecule has 6 nitrogen and oxygen atoms in total. The first-order chi connectivity index (χ1) is 11.7. The second-order valence-electron chi connectivity index (χ2n) is 5.56. The van der Waals surface area contributed by atoms with Crippen LogP contribution in [0.25, 0.3) is 5.78 Å². The average molecular weight is 415 g/mol. The summed E-state index contributed by atoms with van der Waals surface area (Å²) < 4.78 is 39.4. The van der Waals surface area contributed by atoms with Gasteiger partial charge in [-0.15, -0.1) is 0 Å². The SMILES string of the molecule is Cc1nc2ncnn2c(N)c1Cc1ccc(Br)c(CCC(F)(F)F)n1. The second kappa shape index (κ2) is 6.58. The van der Waals surface area contributed by atoms with E-state index in [2.05, 4.69) is 36.0 Å².